The number of nitrogens with one attached hydrogen (secondary N) is 2. The Morgan fingerprint density at radius 1 is 0.912 bits per heavy atom. The normalized spacial score (nSPS) is 27.1. The lowest BCUT2D eigenvalue weighted by Gasteiger charge is -2.55. The molecule has 176 valence electrons. The molecule has 6 heteroatoms. The molecule has 4 aliphatic rings. The molecule has 0 aliphatic heterocycles. The molecule has 0 radical (unpaired) electrons. The lowest BCUT2D eigenvalue weighted by molar-refractivity contribution is -0.146. The molecule has 0 atom stereocenters. The number of carbonyl (C=O) groups is 2. The summed E-state index contributed by atoms with van der Waals surface area (Å²) in [7, 11) is 1.96. The van der Waals surface area contributed by atoms with Gasteiger partial charge in [0.05, 0.1) is 17.6 Å². The highest BCUT2D eigenvalue weighted by Crippen LogP contribution is 2.60. The Morgan fingerprint density at radius 3 is 2.21 bits per heavy atom. The molecule has 2 amide bonds. The summed E-state index contributed by atoms with van der Waals surface area (Å²) >= 11 is 0. The van der Waals surface area contributed by atoms with Gasteiger partial charge in [0.2, 0.25) is 5.91 Å². The van der Waals surface area contributed by atoms with Gasteiger partial charge in [-0.05, 0) is 86.1 Å². The van der Waals surface area contributed by atoms with Gasteiger partial charge in [-0.25, -0.2) is 4.98 Å². The number of aromatic nitrogens is 2. The largest absolute Gasteiger partial charge is 0.352 e. The van der Waals surface area contributed by atoms with Gasteiger partial charge in [0.25, 0.3) is 5.91 Å². The highest BCUT2D eigenvalue weighted by Gasteiger charge is 2.54. The maximum atomic E-state index is 13.2. The predicted molar refractivity (Wildman–Crippen MR) is 131 cm³/mol. The molecule has 1 aromatic heterocycles. The van der Waals surface area contributed by atoms with E-state index in [1.807, 2.05) is 60.1 Å². The number of rotatable bonds is 6. The molecule has 0 unspecified atom stereocenters. The Bertz CT molecular complexity index is 1210. The quantitative estimate of drug-likeness (QED) is 0.580. The second-order valence-electron chi connectivity index (χ2n) is 10.8. The van der Waals surface area contributed by atoms with Crippen LogP contribution in [0.2, 0.25) is 0 Å². The topological polar surface area (TPSA) is 76.0 Å². The van der Waals surface area contributed by atoms with Crippen molar-refractivity contribution in [3.8, 4) is 0 Å². The summed E-state index contributed by atoms with van der Waals surface area (Å²) in [6.07, 6.45) is 7.26. The maximum absolute atomic E-state index is 13.2. The Morgan fingerprint density at radius 2 is 1.56 bits per heavy atom. The van der Waals surface area contributed by atoms with Crippen molar-refractivity contribution < 1.29 is 9.59 Å². The van der Waals surface area contributed by atoms with Crippen LogP contribution in [0.3, 0.4) is 0 Å². The van der Waals surface area contributed by atoms with Crippen LogP contribution in [0.5, 0.6) is 0 Å². The van der Waals surface area contributed by atoms with Crippen LogP contribution >= 0.6 is 0 Å². The van der Waals surface area contributed by atoms with E-state index in [2.05, 4.69) is 15.6 Å². The zero-order valence-electron chi connectivity index (χ0n) is 19.7. The second-order valence-corrected chi connectivity index (χ2v) is 10.8. The summed E-state index contributed by atoms with van der Waals surface area (Å²) < 4.78 is 2.01. The summed E-state index contributed by atoms with van der Waals surface area (Å²) in [6, 6.07) is 15.5. The van der Waals surface area contributed by atoms with Crippen molar-refractivity contribution in [1.29, 1.82) is 0 Å². The predicted octanol–water partition coefficient (Wildman–Crippen LogP) is 4.34. The highest BCUT2D eigenvalue weighted by molar-refractivity contribution is 5.94. The van der Waals surface area contributed by atoms with E-state index in [1.54, 1.807) is 0 Å². The number of amides is 2. The van der Waals surface area contributed by atoms with E-state index < -0.39 is 0 Å². The molecular weight excluding hydrogens is 424 g/mol. The van der Waals surface area contributed by atoms with E-state index in [0.29, 0.717) is 18.7 Å². The molecule has 4 fully saturated rings. The average Bonchev–Trinajstić information content (AvgIpc) is 3.16. The number of imidazole rings is 1. The maximum Gasteiger partial charge on any atom is 0.251 e. The van der Waals surface area contributed by atoms with Crippen molar-refractivity contribution in [2.24, 2.45) is 30.2 Å². The summed E-state index contributed by atoms with van der Waals surface area (Å²) in [4.78, 5) is 30.4. The third-order valence-corrected chi connectivity index (χ3v) is 8.48. The van der Waals surface area contributed by atoms with Crippen LogP contribution in [-0.4, -0.2) is 21.4 Å². The SMILES string of the molecule is Cn1c(CNC(=O)c2ccc(CNC(=O)C34CC5CC(CC(C5)C3)C4)cc2)nc2ccccc21. The molecule has 0 spiro atoms. The zero-order chi connectivity index (χ0) is 23.3. The number of nitrogens with zero attached hydrogens (tertiary/aromatic N) is 2. The Hall–Kier alpha value is -3.15. The summed E-state index contributed by atoms with van der Waals surface area (Å²) in [6.45, 7) is 0.884. The van der Waals surface area contributed by atoms with Gasteiger partial charge in [0, 0.05) is 24.6 Å². The van der Waals surface area contributed by atoms with Crippen molar-refractivity contribution >= 4 is 22.8 Å². The molecule has 1 heterocycles. The molecular formula is C28H32N4O2. The summed E-state index contributed by atoms with van der Waals surface area (Å²) in [5.41, 5.74) is 3.48. The summed E-state index contributed by atoms with van der Waals surface area (Å²) in [5, 5.41) is 6.19. The minimum atomic E-state index is -0.129. The third-order valence-electron chi connectivity index (χ3n) is 8.48. The molecule has 7 rings (SSSR count). The first kappa shape index (κ1) is 21.4. The average molecular weight is 457 g/mol. The Balaban J connectivity index is 1.04. The minimum Gasteiger partial charge on any atom is -0.352 e. The van der Waals surface area contributed by atoms with Crippen molar-refractivity contribution in [3.63, 3.8) is 0 Å². The lowest BCUT2D eigenvalue weighted by atomic mass is 9.49. The van der Waals surface area contributed by atoms with Crippen LogP contribution in [0.15, 0.2) is 48.5 Å². The standard InChI is InChI=1S/C28H32N4O2/c1-32-24-5-3-2-4-23(24)31-25(32)17-29-26(33)22-8-6-18(7-9-22)16-30-27(34)28-13-19-10-20(14-28)12-21(11-19)15-28/h2-9,19-21H,10-17H2,1H3,(H,29,33)(H,30,34). The van der Waals surface area contributed by atoms with Gasteiger partial charge in [0.15, 0.2) is 0 Å². The van der Waals surface area contributed by atoms with Crippen molar-refractivity contribution in [2.75, 3.05) is 0 Å². The molecule has 34 heavy (non-hydrogen) atoms. The smallest absolute Gasteiger partial charge is 0.251 e. The van der Waals surface area contributed by atoms with E-state index in [1.165, 1.54) is 19.3 Å². The number of para-hydroxylation sites is 2. The third kappa shape index (κ3) is 3.79. The molecule has 4 bridgehead atoms. The number of benzene rings is 2. The fraction of sp³-hybridized carbons (Fsp3) is 0.464. The number of hydrogen-bond acceptors (Lipinski definition) is 3. The molecule has 4 aliphatic carbocycles. The molecule has 2 N–H and O–H groups in total. The van der Waals surface area contributed by atoms with Crippen LogP contribution in [0.25, 0.3) is 11.0 Å². The van der Waals surface area contributed by atoms with E-state index in [4.69, 9.17) is 0 Å². The van der Waals surface area contributed by atoms with Crippen LogP contribution in [0.1, 0.15) is 60.3 Å². The van der Waals surface area contributed by atoms with E-state index in [-0.39, 0.29) is 17.2 Å². The first-order valence-corrected chi connectivity index (χ1v) is 12.5. The highest BCUT2D eigenvalue weighted by atomic mass is 16.2. The Kier molecular flexibility index (Phi) is 5.19. The van der Waals surface area contributed by atoms with E-state index in [9.17, 15) is 9.59 Å². The van der Waals surface area contributed by atoms with Gasteiger partial charge < -0.3 is 15.2 Å². The van der Waals surface area contributed by atoms with E-state index in [0.717, 1.165) is 59.4 Å². The number of carbonyl (C=O) groups excluding carboxylic acids is 2. The molecule has 4 saturated carbocycles. The second kappa shape index (κ2) is 8.26. The zero-order valence-corrected chi connectivity index (χ0v) is 19.7. The van der Waals surface area contributed by atoms with Crippen LogP contribution in [0.4, 0.5) is 0 Å². The minimum absolute atomic E-state index is 0.121. The number of fused-ring (bicyclic) bond motifs is 1. The monoisotopic (exact) mass is 456 g/mol. The fourth-order valence-electron chi connectivity index (χ4n) is 7.15. The van der Waals surface area contributed by atoms with Crippen LogP contribution in [0, 0.1) is 23.2 Å². The Labute approximate surface area is 200 Å². The van der Waals surface area contributed by atoms with Gasteiger partial charge in [0.1, 0.15) is 5.82 Å². The van der Waals surface area contributed by atoms with Gasteiger partial charge in [-0.1, -0.05) is 24.3 Å². The number of hydrogen-bond donors (Lipinski definition) is 2. The molecule has 2 aromatic carbocycles. The molecule has 3 aromatic rings. The number of aryl methyl sites for hydroxylation is 1. The van der Waals surface area contributed by atoms with Gasteiger partial charge >= 0.3 is 0 Å². The fourth-order valence-corrected chi connectivity index (χ4v) is 7.15. The van der Waals surface area contributed by atoms with Gasteiger partial charge in [-0.2, -0.15) is 0 Å². The van der Waals surface area contributed by atoms with Crippen molar-refractivity contribution in [3.05, 3.63) is 65.5 Å². The first-order chi connectivity index (χ1) is 16.5. The van der Waals surface area contributed by atoms with E-state index >= 15 is 0 Å². The van der Waals surface area contributed by atoms with Crippen LogP contribution in [-0.2, 0) is 24.9 Å². The summed E-state index contributed by atoms with van der Waals surface area (Å²) in [5.74, 6) is 3.22. The van der Waals surface area contributed by atoms with Gasteiger partial charge in [-0.3, -0.25) is 9.59 Å². The molecule has 6 nitrogen and oxygen atoms in total. The molecule has 0 saturated heterocycles. The van der Waals surface area contributed by atoms with Crippen LogP contribution < -0.4 is 10.6 Å². The van der Waals surface area contributed by atoms with Crippen molar-refractivity contribution in [1.82, 2.24) is 20.2 Å². The van der Waals surface area contributed by atoms with Crippen molar-refractivity contribution in [2.45, 2.75) is 51.6 Å². The van der Waals surface area contributed by atoms with Gasteiger partial charge in [-0.15, -0.1) is 0 Å². The first-order valence-electron chi connectivity index (χ1n) is 12.5. The lowest BCUT2D eigenvalue weighted by Crippen LogP contribution is -2.53.